The molecule has 0 radical (unpaired) electrons. The molecule has 2 atom stereocenters. The van der Waals surface area contributed by atoms with E-state index in [2.05, 4.69) is 20.6 Å². The zero-order valence-electron chi connectivity index (χ0n) is 12.3. The summed E-state index contributed by atoms with van der Waals surface area (Å²) in [5, 5.41) is 15.4. The molecule has 1 aromatic carbocycles. The lowest BCUT2D eigenvalue weighted by Crippen LogP contribution is -2.35. The molecule has 2 aromatic rings. The SMILES string of the molecule is O=C(Nc1ccc2nc(C3CCC3)[nH]c2c1)C1CC(O)CN1. The molecule has 2 heterocycles. The summed E-state index contributed by atoms with van der Waals surface area (Å²) >= 11 is 0. The van der Waals surface area contributed by atoms with E-state index in [0.717, 1.165) is 22.5 Å². The predicted octanol–water partition coefficient (Wildman–Crippen LogP) is 1.49. The number of hydrogen-bond donors (Lipinski definition) is 4. The first kappa shape index (κ1) is 13.7. The molecule has 22 heavy (non-hydrogen) atoms. The van der Waals surface area contributed by atoms with Crippen molar-refractivity contribution in [3.63, 3.8) is 0 Å². The smallest absolute Gasteiger partial charge is 0.241 e. The van der Waals surface area contributed by atoms with Crippen molar-refractivity contribution in [3.05, 3.63) is 24.0 Å². The molecule has 4 N–H and O–H groups in total. The van der Waals surface area contributed by atoms with Gasteiger partial charge < -0.3 is 20.7 Å². The van der Waals surface area contributed by atoms with Gasteiger partial charge in [-0.15, -0.1) is 0 Å². The van der Waals surface area contributed by atoms with E-state index in [-0.39, 0.29) is 11.9 Å². The van der Waals surface area contributed by atoms with Crippen LogP contribution in [0.5, 0.6) is 0 Å². The van der Waals surface area contributed by atoms with E-state index < -0.39 is 6.10 Å². The number of imidazole rings is 1. The van der Waals surface area contributed by atoms with E-state index in [1.165, 1.54) is 19.3 Å². The Morgan fingerprint density at radius 2 is 2.23 bits per heavy atom. The number of nitrogens with one attached hydrogen (secondary N) is 3. The topological polar surface area (TPSA) is 90.0 Å². The van der Waals surface area contributed by atoms with Crippen molar-refractivity contribution in [2.24, 2.45) is 0 Å². The van der Waals surface area contributed by atoms with Crippen LogP contribution < -0.4 is 10.6 Å². The van der Waals surface area contributed by atoms with Crippen LogP contribution in [0, 0.1) is 0 Å². The molecule has 1 saturated heterocycles. The maximum atomic E-state index is 12.2. The van der Waals surface area contributed by atoms with Gasteiger partial charge in [-0.25, -0.2) is 4.98 Å². The number of rotatable bonds is 3. The lowest BCUT2D eigenvalue weighted by Gasteiger charge is -2.22. The maximum absolute atomic E-state index is 12.2. The molecular formula is C16H20N4O2. The zero-order valence-corrected chi connectivity index (χ0v) is 12.3. The van der Waals surface area contributed by atoms with Crippen LogP contribution in [0.1, 0.15) is 37.4 Å². The molecule has 1 aliphatic heterocycles. The summed E-state index contributed by atoms with van der Waals surface area (Å²) < 4.78 is 0. The fraction of sp³-hybridized carbons (Fsp3) is 0.500. The zero-order chi connectivity index (χ0) is 15.1. The number of aromatic nitrogens is 2. The average Bonchev–Trinajstić information content (AvgIpc) is 3.02. The number of carbonyl (C=O) groups is 1. The number of aromatic amines is 1. The maximum Gasteiger partial charge on any atom is 0.241 e. The van der Waals surface area contributed by atoms with Crippen molar-refractivity contribution in [2.75, 3.05) is 11.9 Å². The summed E-state index contributed by atoms with van der Waals surface area (Å²) in [5.41, 5.74) is 2.65. The van der Waals surface area contributed by atoms with Crippen LogP contribution >= 0.6 is 0 Å². The van der Waals surface area contributed by atoms with E-state index in [1.54, 1.807) is 0 Å². The van der Waals surface area contributed by atoms with E-state index in [1.807, 2.05) is 18.2 Å². The first-order chi connectivity index (χ1) is 10.7. The van der Waals surface area contributed by atoms with E-state index in [4.69, 9.17) is 0 Å². The van der Waals surface area contributed by atoms with Crippen LogP contribution in [0.25, 0.3) is 11.0 Å². The number of aliphatic hydroxyl groups excluding tert-OH is 1. The van der Waals surface area contributed by atoms with Crippen molar-refractivity contribution >= 4 is 22.6 Å². The van der Waals surface area contributed by atoms with Crippen LogP contribution in [-0.2, 0) is 4.79 Å². The lowest BCUT2D eigenvalue weighted by molar-refractivity contribution is -0.117. The van der Waals surface area contributed by atoms with Gasteiger partial charge in [0.15, 0.2) is 0 Å². The fourth-order valence-corrected chi connectivity index (χ4v) is 3.13. The van der Waals surface area contributed by atoms with Gasteiger partial charge in [0.05, 0.1) is 23.2 Å². The first-order valence-corrected chi connectivity index (χ1v) is 7.91. The van der Waals surface area contributed by atoms with Gasteiger partial charge in [-0.2, -0.15) is 0 Å². The number of nitrogens with zero attached hydrogens (tertiary/aromatic N) is 1. The van der Waals surface area contributed by atoms with Crippen molar-refractivity contribution < 1.29 is 9.90 Å². The molecule has 1 saturated carbocycles. The molecule has 0 bridgehead atoms. The number of carbonyl (C=O) groups excluding carboxylic acids is 1. The minimum atomic E-state index is -0.434. The van der Waals surface area contributed by atoms with Gasteiger partial charge >= 0.3 is 0 Å². The molecule has 0 spiro atoms. The highest BCUT2D eigenvalue weighted by Gasteiger charge is 2.28. The van der Waals surface area contributed by atoms with Gasteiger partial charge in [0.25, 0.3) is 0 Å². The number of anilines is 1. The Morgan fingerprint density at radius 3 is 2.91 bits per heavy atom. The number of hydrogen-bond acceptors (Lipinski definition) is 4. The Labute approximate surface area is 128 Å². The van der Waals surface area contributed by atoms with Crippen molar-refractivity contribution in [2.45, 2.75) is 43.7 Å². The summed E-state index contributed by atoms with van der Waals surface area (Å²) in [6.45, 7) is 0.475. The van der Waals surface area contributed by atoms with Gasteiger partial charge in [-0.1, -0.05) is 6.42 Å². The molecule has 1 aromatic heterocycles. The lowest BCUT2D eigenvalue weighted by atomic mass is 9.85. The van der Waals surface area contributed by atoms with Crippen molar-refractivity contribution in [1.82, 2.24) is 15.3 Å². The van der Waals surface area contributed by atoms with Gasteiger partial charge in [0.2, 0.25) is 5.91 Å². The third-order valence-electron chi connectivity index (χ3n) is 4.68. The summed E-state index contributed by atoms with van der Waals surface area (Å²) in [5.74, 6) is 1.52. The molecule has 1 amide bonds. The Balaban J connectivity index is 1.50. The average molecular weight is 300 g/mol. The molecule has 4 rings (SSSR count). The normalized spacial score (nSPS) is 25.3. The first-order valence-electron chi connectivity index (χ1n) is 7.91. The number of amides is 1. The highest BCUT2D eigenvalue weighted by Crippen LogP contribution is 2.35. The minimum Gasteiger partial charge on any atom is -0.392 e. The van der Waals surface area contributed by atoms with Gasteiger partial charge in [-0.05, 0) is 37.5 Å². The highest BCUT2D eigenvalue weighted by atomic mass is 16.3. The van der Waals surface area contributed by atoms with Gasteiger partial charge in [0.1, 0.15) is 5.82 Å². The molecular weight excluding hydrogens is 280 g/mol. The van der Waals surface area contributed by atoms with Crippen LogP contribution in [0.3, 0.4) is 0 Å². The number of benzene rings is 1. The number of aliphatic hydroxyl groups is 1. The number of fused-ring (bicyclic) bond motifs is 1. The van der Waals surface area contributed by atoms with Crippen LogP contribution in [-0.4, -0.2) is 39.7 Å². The van der Waals surface area contributed by atoms with Crippen molar-refractivity contribution in [1.29, 1.82) is 0 Å². The van der Waals surface area contributed by atoms with Crippen LogP contribution in [0.4, 0.5) is 5.69 Å². The second-order valence-corrected chi connectivity index (χ2v) is 6.32. The Bertz CT molecular complexity index is 707. The third-order valence-corrected chi connectivity index (χ3v) is 4.68. The van der Waals surface area contributed by atoms with Crippen LogP contribution in [0.15, 0.2) is 18.2 Å². The standard InChI is InChI=1S/C16H20N4O2/c21-11-7-14(17-8-11)16(22)18-10-4-5-12-13(6-10)20-15(19-12)9-2-1-3-9/h4-6,9,11,14,17,21H,1-3,7-8H2,(H,18,22)(H,19,20). The molecule has 1 aliphatic carbocycles. The van der Waals surface area contributed by atoms with Crippen LogP contribution in [0.2, 0.25) is 0 Å². The molecule has 6 heteroatoms. The quantitative estimate of drug-likeness (QED) is 0.691. The van der Waals surface area contributed by atoms with E-state index in [9.17, 15) is 9.90 Å². The summed E-state index contributed by atoms with van der Waals surface area (Å²) in [6, 6.07) is 5.41. The number of H-pyrrole nitrogens is 1. The molecule has 2 aliphatic rings. The van der Waals surface area contributed by atoms with Gasteiger partial charge in [0, 0.05) is 18.2 Å². The Kier molecular flexibility index (Phi) is 3.35. The second kappa shape index (κ2) is 5.37. The number of β-amino-alcohol motifs (C(OH)–C–C–N with tert-alkyl or cyclic N) is 1. The van der Waals surface area contributed by atoms with E-state index >= 15 is 0 Å². The summed E-state index contributed by atoms with van der Waals surface area (Å²) in [6.07, 6.45) is 3.72. The van der Waals surface area contributed by atoms with Gasteiger partial charge in [-0.3, -0.25) is 4.79 Å². The predicted molar refractivity (Wildman–Crippen MR) is 83.7 cm³/mol. The molecule has 6 nitrogen and oxygen atoms in total. The largest absolute Gasteiger partial charge is 0.392 e. The Hall–Kier alpha value is -1.92. The summed E-state index contributed by atoms with van der Waals surface area (Å²) in [7, 11) is 0. The Morgan fingerprint density at radius 1 is 1.36 bits per heavy atom. The highest BCUT2D eigenvalue weighted by molar-refractivity contribution is 5.96. The molecule has 116 valence electrons. The van der Waals surface area contributed by atoms with Crippen molar-refractivity contribution in [3.8, 4) is 0 Å². The summed E-state index contributed by atoms with van der Waals surface area (Å²) in [4.78, 5) is 20.2. The second-order valence-electron chi connectivity index (χ2n) is 6.32. The third kappa shape index (κ3) is 2.48. The molecule has 2 fully saturated rings. The van der Waals surface area contributed by atoms with E-state index in [0.29, 0.717) is 18.9 Å². The monoisotopic (exact) mass is 300 g/mol. The minimum absolute atomic E-state index is 0.102. The molecule has 2 unspecified atom stereocenters. The fourth-order valence-electron chi connectivity index (χ4n) is 3.13.